The number of hydrogen-bond acceptors (Lipinski definition) is 3. The average Bonchev–Trinajstić information content (AvgIpc) is 2.64. The summed E-state index contributed by atoms with van der Waals surface area (Å²) in [7, 11) is 3.92. The number of allylic oxidation sites excluding steroid dienone is 1. The van der Waals surface area contributed by atoms with Crippen LogP contribution < -0.4 is 10.2 Å². The molecule has 0 aromatic heterocycles. The van der Waals surface area contributed by atoms with E-state index in [9.17, 15) is 0 Å². The quantitative estimate of drug-likeness (QED) is 0.214. The molecule has 1 fully saturated rings. The molecule has 0 atom stereocenters. The molecule has 2 rings (SSSR count). The lowest BCUT2D eigenvalue weighted by Gasteiger charge is -2.28. The fourth-order valence-electron chi connectivity index (χ4n) is 2.79. The van der Waals surface area contributed by atoms with Gasteiger partial charge < -0.3 is 15.1 Å². The van der Waals surface area contributed by atoms with Crippen LogP contribution in [0.3, 0.4) is 0 Å². The summed E-state index contributed by atoms with van der Waals surface area (Å²) >= 11 is 2.04. The second-order valence-corrected chi connectivity index (χ2v) is 7.24. The summed E-state index contributed by atoms with van der Waals surface area (Å²) < 4.78 is 0. The van der Waals surface area contributed by atoms with Gasteiger partial charge in [0.05, 0.1) is 0 Å². The van der Waals surface area contributed by atoms with Crippen molar-refractivity contribution < 1.29 is 0 Å². The summed E-state index contributed by atoms with van der Waals surface area (Å²) in [4.78, 5) is 9.01. The number of unbranched alkanes of at least 4 members (excludes halogenated alkanes) is 1. The summed E-state index contributed by atoms with van der Waals surface area (Å²) in [5, 5.41) is 3.44. The van der Waals surface area contributed by atoms with Gasteiger partial charge in [0.15, 0.2) is 5.96 Å². The second-order valence-electron chi connectivity index (χ2n) is 6.02. The predicted octanol–water partition coefficient (Wildman–Crippen LogP) is 3.83. The van der Waals surface area contributed by atoms with Gasteiger partial charge in [0.1, 0.15) is 0 Å². The van der Waals surface area contributed by atoms with Crippen LogP contribution in [0.25, 0.3) is 0 Å². The molecule has 25 heavy (non-hydrogen) atoms. The maximum Gasteiger partial charge on any atom is 0.193 e. The van der Waals surface area contributed by atoms with Gasteiger partial charge in [-0.3, -0.25) is 4.99 Å². The van der Waals surface area contributed by atoms with E-state index in [1.54, 1.807) is 0 Å². The highest BCUT2D eigenvalue weighted by molar-refractivity contribution is 14.0. The Morgan fingerprint density at radius 1 is 1.32 bits per heavy atom. The smallest absolute Gasteiger partial charge is 0.193 e. The van der Waals surface area contributed by atoms with Gasteiger partial charge in [-0.05, 0) is 30.5 Å². The molecule has 140 valence electrons. The molecule has 0 bridgehead atoms. The molecule has 0 radical (unpaired) electrons. The van der Waals surface area contributed by atoms with Crippen molar-refractivity contribution in [1.82, 2.24) is 10.2 Å². The van der Waals surface area contributed by atoms with Gasteiger partial charge in [-0.2, -0.15) is 11.8 Å². The van der Waals surface area contributed by atoms with Crippen LogP contribution in [-0.4, -0.2) is 56.1 Å². The minimum atomic E-state index is 0. The first-order valence-corrected chi connectivity index (χ1v) is 9.84. The number of thioether (sulfide) groups is 1. The van der Waals surface area contributed by atoms with Gasteiger partial charge >= 0.3 is 0 Å². The minimum absolute atomic E-state index is 0. The number of rotatable bonds is 7. The second kappa shape index (κ2) is 12.5. The summed E-state index contributed by atoms with van der Waals surface area (Å²) in [6.07, 6.45) is 4.11. The number of halogens is 1. The van der Waals surface area contributed by atoms with Crippen LogP contribution in [0.1, 0.15) is 18.4 Å². The van der Waals surface area contributed by atoms with Crippen LogP contribution in [0.2, 0.25) is 0 Å². The Morgan fingerprint density at radius 2 is 2.00 bits per heavy atom. The molecule has 1 N–H and O–H groups in total. The SMILES string of the molecule is C=CCCCN(C)C(=NC)NCc1ccc(N2CCSCC2)cc1.I. The van der Waals surface area contributed by atoms with Crippen molar-refractivity contribution in [3.05, 3.63) is 42.5 Å². The zero-order valence-corrected chi connectivity index (χ0v) is 18.6. The van der Waals surface area contributed by atoms with Crippen LogP contribution in [0, 0.1) is 0 Å². The lowest BCUT2D eigenvalue weighted by Crippen LogP contribution is -2.39. The molecular weight excluding hydrogens is 443 g/mol. The number of nitrogens with zero attached hydrogens (tertiary/aromatic N) is 3. The van der Waals surface area contributed by atoms with Crippen molar-refractivity contribution in [2.24, 2.45) is 4.99 Å². The Bertz CT molecular complexity index is 527. The summed E-state index contributed by atoms with van der Waals surface area (Å²) in [5.41, 5.74) is 2.62. The van der Waals surface area contributed by atoms with Crippen molar-refractivity contribution in [1.29, 1.82) is 0 Å². The fourth-order valence-corrected chi connectivity index (χ4v) is 3.69. The van der Waals surface area contributed by atoms with E-state index in [4.69, 9.17) is 0 Å². The highest BCUT2D eigenvalue weighted by atomic mass is 127. The Balaban J connectivity index is 0.00000312. The van der Waals surface area contributed by atoms with E-state index < -0.39 is 0 Å². The Kier molecular flexibility index (Phi) is 11.0. The van der Waals surface area contributed by atoms with E-state index in [2.05, 4.69) is 58.0 Å². The standard InChI is InChI=1S/C19H30N4S.HI/c1-4-5-6-11-22(3)19(20-2)21-16-17-7-9-18(10-8-17)23-12-14-24-15-13-23;/h4,7-10H,1,5-6,11-16H2,2-3H3,(H,20,21);1H. The van der Waals surface area contributed by atoms with Crippen LogP contribution in [0.4, 0.5) is 5.69 Å². The zero-order valence-electron chi connectivity index (χ0n) is 15.4. The molecule has 1 aliphatic heterocycles. The van der Waals surface area contributed by atoms with Crippen LogP contribution in [0.15, 0.2) is 41.9 Å². The maximum absolute atomic E-state index is 4.37. The van der Waals surface area contributed by atoms with E-state index in [1.807, 2.05) is 24.9 Å². The van der Waals surface area contributed by atoms with Crippen molar-refractivity contribution >= 4 is 47.4 Å². The first kappa shape index (κ1) is 22.2. The van der Waals surface area contributed by atoms with E-state index in [-0.39, 0.29) is 24.0 Å². The topological polar surface area (TPSA) is 30.9 Å². The molecule has 1 aromatic carbocycles. The van der Waals surface area contributed by atoms with Gasteiger partial charge in [-0.15, -0.1) is 30.6 Å². The normalized spacial score (nSPS) is 14.6. The first-order chi connectivity index (χ1) is 11.7. The third kappa shape index (κ3) is 7.48. The number of guanidine groups is 1. The van der Waals surface area contributed by atoms with Crippen molar-refractivity contribution in [3.63, 3.8) is 0 Å². The van der Waals surface area contributed by atoms with Crippen molar-refractivity contribution in [3.8, 4) is 0 Å². The summed E-state index contributed by atoms with van der Waals surface area (Å²) in [5.74, 6) is 3.41. The molecule has 0 aliphatic carbocycles. The molecule has 0 spiro atoms. The largest absolute Gasteiger partial charge is 0.370 e. The molecule has 1 heterocycles. The Hall–Kier alpha value is -0.890. The zero-order chi connectivity index (χ0) is 17.2. The molecule has 6 heteroatoms. The van der Waals surface area contributed by atoms with Crippen LogP contribution >= 0.6 is 35.7 Å². The minimum Gasteiger partial charge on any atom is -0.370 e. The van der Waals surface area contributed by atoms with Gasteiger partial charge in [-0.1, -0.05) is 18.2 Å². The molecule has 1 aromatic rings. The van der Waals surface area contributed by atoms with Crippen molar-refractivity contribution in [2.75, 3.05) is 50.1 Å². The van der Waals surface area contributed by atoms with E-state index in [1.165, 1.54) is 22.8 Å². The van der Waals surface area contributed by atoms with Crippen LogP contribution in [-0.2, 0) is 6.54 Å². The third-order valence-electron chi connectivity index (χ3n) is 4.24. The molecule has 1 aliphatic rings. The van der Waals surface area contributed by atoms with Gasteiger partial charge in [-0.25, -0.2) is 0 Å². The molecule has 4 nitrogen and oxygen atoms in total. The van der Waals surface area contributed by atoms with Crippen LogP contribution in [0.5, 0.6) is 0 Å². The number of anilines is 1. The number of nitrogens with one attached hydrogen (secondary N) is 1. The monoisotopic (exact) mass is 474 g/mol. The highest BCUT2D eigenvalue weighted by Crippen LogP contribution is 2.19. The highest BCUT2D eigenvalue weighted by Gasteiger charge is 2.11. The number of hydrogen-bond donors (Lipinski definition) is 1. The molecule has 1 saturated heterocycles. The van der Waals surface area contributed by atoms with E-state index in [0.717, 1.165) is 45.0 Å². The number of aliphatic imine (C=N–C) groups is 1. The van der Waals surface area contributed by atoms with Gasteiger partial charge in [0, 0.05) is 57.5 Å². The first-order valence-electron chi connectivity index (χ1n) is 8.69. The number of benzene rings is 1. The molecule has 0 amide bonds. The van der Waals surface area contributed by atoms with E-state index in [0.29, 0.717) is 0 Å². The average molecular weight is 474 g/mol. The van der Waals surface area contributed by atoms with Crippen molar-refractivity contribution in [2.45, 2.75) is 19.4 Å². The lowest BCUT2D eigenvalue weighted by molar-refractivity contribution is 0.470. The fraction of sp³-hybridized carbons (Fsp3) is 0.526. The maximum atomic E-state index is 4.37. The molecule has 0 unspecified atom stereocenters. The summed E-state index contributed by atoms with van der Waals surface area (Å²) in [6.45, 7) is 7.87. The molecular formula is C19H31IN4S. The Morgan fingerprint density at radius 3 is 2.60 bits per heavy atom. The Labute approximate surface area is 174 Å². The third-order valence-corrected chi connectivity index (χ3v) is 5.18. The lowest BCUT2D eigenvalue weighted by atomic mass is 10.2. The van der Waals surface area contributed by atoms with Gasteiger partial charge in [0.25, 0.3) is 0 Å². The molecule has 0 saturated carbocycles. The van der Waals surface area contributed by atoms with E-state index >= 15 is 0 Å². The summed E-state index contributed by atoms with van der Waals surface area (Å²) in [6, 6.07) is 8.91. The predicted molar refractivity (Wildman–Crippen MR) is 124 cm³/mol. The van der Waals surface area contributed by atoms with Gasteiger partial charge in [0.2, 0.25) is 0 Å².